The maximum absolute atomic E-state index is 12.7. The van der Waals surface area contributed by atoms with Crippen LogP contribution in [0.25, 0.3) is 0 Å². The predicted molar refractivity (Wildman–Crippen MR) is 78.7 cm³/mol. The molecule has 0 saturated heterocycles. The van der Waals surface area contributed by atoms with E-state index in [1.807, 2.05) is 12.3 Å². The molecule has 2 unspecified atom stereocenters. The van der Waals surface area contributed by atoms with Crippen LogP contribution in [0, 0.1) is 5.92 Å². The molecule has 1 heterocycles. The van der Waals surface area contributed by atoms with E-state index in [-0.39, 0.29) is 6.04 Å². The molecule has 0 spiro atoms. The molecule has 108 valence electrons. The van der Waals surface area contributed by atoms with Crippen LogP contribution in [0.4, 0.5) is 0 Å². The molecule has 0 aromatic carbocycles. The maximum atomic E-state index is 12.7. The van der Waals surface area contributed by atoms with Crippen molar-refractivity contribution >= 4 is 21.4 Å². The van der Waals surface area contributed by atoms with Gasteiger partial charge in [-0.05, 0) is 36.8 Å². The van der Waals surface area contributed by atoms with E-state index in [1.54, 1.807) is 16.4 Å². The number of thiophene rings is 1. The summed E-state index contributed by atoms with van der Waals surface area (Å²) in [6.07, 6.45) is 4.23. The third-order valence-corrected chi connectivity index (χ3v) is 7.28. The first-order valence-electron chi connectivity index (χ1n) is 6.86. The SMILES string of the molecule is CCN(C1CCCCC1CN)S(=O)(=O)c1cccs1. The van der Waals surface area contributed by atoms with Crippen LogP contribution >= 0.6 is 11.3 Å². The number of hydrogen-bond donors (Lipinski definition) is 1. The highest BCUT2D eigenvalue weighted by molar-refractivity contribution is 7.91. The van der Waals surface area contributed by atoms with Gasteiger partial charge in [-0.25, -0.2) is 8.42 Å². The molecule has 6 heteroatoms. The van der Waals surface area contributed by atoms with E-state index in [1.165, 1.54) is 11.3 Å². The van der Waals surface area contributed by atoms with E-state index < -0.39 is 10.0 Å². The van der Waals surface area contributed by atoms with Crippen LogP contribution in [0.3, 0.4) is 0 Å². The van der Waals surface area contributed by atoms with Crippen LogP contribution < -0.4 is 5.73 Å². The van der Waals surface area contributed by atoms with Crippen LogP contribution in [0.15, 0.2) is 21.7 Å². The number of nitrogens with zero attached hydrogens (tertiary/aromatic N) is 1. The molecule has 1 aromatic rings. The van der Waals surface area contributed by atoms with Gasteiger partial charge < -0.3 is 5.73 Å². The standard InChI is InChI=1S/C13H22N2O2S2/c1-2-15(12-7-4-3-6-11(12)10-14)19(16,17)13-8-5-9-18-13/h5,8-9,11-12H,2-4,6-7,10,14H2,1H3. The minimum Gasteiger partial charge on any atom is -0.330 e. The summed E-state index contributed by atoms with van der Waals surface area (Å²) in [5.41, 5.74) is 5.83. The summed E-state index contributed by atoms with van der Waals surface area (Å²) in [6.45, 7) is 3.00. The van der Waals surface area contributed by atoms with Crippen LogP contribution in [-0.2, 0) is 10.0 Å². The van der Waals surface area contributed by atoms with E-state index in [9.17, 15) is 8.42 Å². The molecule has 2 atom stereocenters. The Bertz CT molecular complexity index is 485. The Labute approximate surface area is 119 Å². The average molecular weight is 302 g/mol. The first kappa shape index (κ1) is 15.0. The lowest BCUT2D eigenvalue weighted by atomic mass is 9.84. The fourth-order valence-corrected chi connectivity index (χ4v) is 5.79. The van der Waals surface area contributed by atoms with E-state index in [2.05, 4.69) is 0 Å². The molecule has 1 fully saturated rings. The monoisotopic (exact) mass is 302 g/mol. The van der Waals surface area contributed by atoms with Crippen molar-refractivity contribution in [1.82, 2.24) is 4.31 Å². The molecule has 2 N–H and O–H groups in total. The second kappa shape index (κ2) is 6.35. The normalized spacial score (nSPS) is 24.8. The molecule has 1 aromatic heterocycles. The molecule has 0 aliphatic heterocycles. The lowest BCUT2D eigenvalue weighted by Crippen LogP contribution is -2.47. The minimum absolute atomic E-state index is 0.0656. The molecular formula is C13H22N2O2S2. The fourth-order valence-electron chi connectivity index (χ4n) is 2.95. The van der Waals surface area contributed by atoms with Gasteiger partial charge in [0, 0.05) is 12.6 Å². The Morgan fingerprint density at radius 1 is 1.42 bits per heavy atom. The van der Waals surface area contributed by atoms with E-state index >= 15 is 0 Å². The molecule has 19 heavy (non-hydrogen) atoms. The van der Waals surface area contributed by atoms with Crippen LogP contribution in [0.1, 0.15) is 32.6 Å². The highest BCUT2D eigenvalue weighted by atomic mass is 32.2. The van der Waals surface area contributed by atoms with E-state index in [4.69, 9.17) is 5.73 Å². The summed E-state index contributed by atoms with van der Waals surface area (Å²) in [4.78, 5) is 0. The Morgan fingerprint density at radius 2 is 2.16 bits per heavy atom. The topological polar surface area (TPSA) is 63.4 Å². The molecule has 1 saturated carbocycles. The molecule has 0 amide bonds. The highest BCUT2D eigenvalue weighted by Crippen LogP contribution is 2.32. The number of sulfonamides is 1. The van der Waals surface area contributed by atoms with Gasteiger partial charge in [0.2, 0.25) is 0 Å². The first-order chi connectivity index (χ1) is 9.11. The van der Waals surface area contributed by atoms with Crippen LogP contribution in [0.2, 0.25) is 0 Å². The van der Waals surface area contributed by atoms with Gasteiger partial charge in [0.25, 0.3) is 10.0 Å². The summed E-state index contributed by atoms with van der Waals surface area (Å²) in [5.74, 6) is 0.295. The maximum Gasteiger partial charge on any atom is 0.252 e. The largest absolute Gasteiger partial charge is 0.330 e. The van der Waals surface area contributed by atoms with Gasteiger partial charge in [-0.2, -0.15) is 4.31 Å². The molecule has 1 aliphatic carbocycles. The van der Waals surface area contributed by atoms with Crippen LogP contribution in [-0.4, -0.2) is 31.9 Å². The minimum atomic E-state index is -3.35. The number of hydrogen-bond acceptors (Lipinski definition) is 4. The Kier molecular flexibility index (Phi) is 5.00. The van der Waals surface area contributed by atoms with Crippen molar-refractivity contribution in [1.29, 1.82) is 0 Å². The zero-order valence-electron chi connectivity index (χ0n) is 11.3. The smallest absolute Gasteiger partial charge is 0.252 e. The molecule has 0 radical (unpaired) electrons. The predicted octanol–water partition coefficient (Wildman–Crippen LogP) is 2.28. The quantitative estimate of drug-likeness (QED) is 0.907. The first-order valence-corrected chi connectivity index (χ1v) is 9.18. The molecule has 4 nitrogen and oxygen atoms in total. The highest BCUT2D eigenvalue weighted by Gasteiger charge is 2.36. The van der Waals surface area contributed by atoms with Crippen molar-refractivity contribution in [2.45, 2.75) is 42.9 Å². The summed E-state index contributed by atoms with van der Waals surface area (Å²) in [6, 6.07) is 3.53. The third-order valence-electron chi connectivity index (χ3n) is 3.91. The van der Waals surface area contributed by atoms with Gasteiger partial charge in [-0.1, -0.05) is 25.8 Å². The molecule has 1 aliphatic rings. The number of nitrogens with two attached hydrogens (primary N) is 1. The third kappa shape index (κ3) is 3.02. The fraction of sp³-hybridized carbons (Fsp3) is 0.692. The van der Waals surface area contributed by atoms with Gasteiger partial charge in [-0.15, -0.1) is 11.3 Å². The zero-order valence-corrected chi connectivity index (χ0v) is 12.9. The van der Waals surface area contributed by atoms with Crippen molar-refractivity contribution in [3.8, 4) is 0 Å². The van der Waals surface area contributed by atoms with Crippen molar-refractivity contribution in [3.63, 3.8) is 0 Å². The Balaban J connectivity index is 2.28. The Morgan fingerprint density at radius 3 is 2.74 bits per heavy atom. The van der Waals surface area contributed by atoms with E-state index in [0.717, 1.165) is 25.7 Å². The lowest BCUT2D eigenvalue weighted by Gasteiger charge is -2.38. The summed E-state index contributed by atoms with van der Waals surface area (Å²) in [5, 5.41) is 1.81. The zero-order chi connectivity index (χ0) is 13.9. The van der Waals surface area contributed by atoms with Gasteiger partial charge in [-0.3, -0.25) is 0 Å². The summed E-state index contributed by atoms with van der Waals surface area (Å²) < 4.78 is 27.5. The van der Waals surface area contributed by atoms with Gasteiger partial charge in [0.15, 0.2) is 0 Å². The van der Waals surface area contributed by atoms with Crippen molar-refractivity contribution in [2.24, 2.45) is 11.7 Å². The van der Waals surface area contributed by atoms with Crippen molar-refractivity contribution < 1.29 is 8.42 Å². The molecular weight excluding hydrogens is 280 g/mol. The van der Waals surface area contributed by atoms with Crippen LogP contribution in [0.5, 0.6) is 0 Å². The van der Waals surface area contributed by atoms with Gasteiger partial charge >= 0.3 is 0 Å². The van der Waals surface area contributed by atoms with Gasteiger partial charge in [0.1, 0.15) is 4.21 Å². The van der Waals surface area contributed by atoms with Crippen molar-refractivity contribution in [3.05, 3.63) is 17.5 Å². The summed E-state index contributed by atoms with van der Waals surface area (Å²) in [7, 11) is -3.35. The second-order valence-electron chi connectivity index (χ2n) is 4.99. The average Bonchev–Trinajstić information content (AvgIpc) is 2.94. The molecule has 0 bridgehead atoms. The number of rotatable bonds is 5. The lowest BCUT2D eigenvalue weighted by molar-refractivity contribution is 0.188. The van der Waals surface area contributed by atoms with Crippen molar-refractivity contribution in [2.75, 3.05) is 13.1 Å². The molecule has 2 rings (SSSR count). The van der Waals surface area contributed by atoms with E-state index in [0.29, 0.717) is 23.2 Å². The second-order valence-corrected chi connectivity index (χ2v) is 8.05. The Hall–Kier alpha value is -0.430. The summed E-state index contributed by atoms with van der Waals surface area (Å²) >= 11 is 1.29. The van der Waals surface area contributed by atoms with Gasteiger partial charge in [0.05, 0.1) is 0 Å².